The summed E-state index contributed by atoms with van der Waals surface area (Å²) in [7, 11) is 3.91. The highest BCUT2D eigenvalue weighted by atomic mass is 16.3. The first kappa shape index (κ1) is 14.0. The van der Waals surface area contributed by atoms with Crippen LogP contribution in [0.5, 0.6) is 0 Å². The van der Waals surface area contributed by atoms with Crippen LogP contribution in [0.3, 0.4) is 0 Å². The molecule has 2 aromatic carbocycles. The van der Waals surface area contributed by atoms with Crippen molar-refractivity contribution >= 4 is 22.1 Å². The molecule has 1 atom stereocenters. The Morgan fingerprint density at radius 2 is 1.43 bits per heavy atom. The Balaban J connectivity index is 1.72. The average molecular weight is 306 g/mol. The van der Waals surface area contributed by atoms with Gasteiger partial charge in [0, 0.05) is 20.5 Å². The fourth-order valence-corrected chi connectivity index (χ4v) is 3.10. The molecule has 23 heavy (non-hydrogen) atoms. The van der Waals surface area contributed by atoms with Crippen molar-refractivity contribution < 1.29 is 5.11 Å². The van der Waals surface area contributed by atoms with E-state index in [9.17, 15) is 5.11 Å². The van der Waals surface area contributed by atoms with Crippen molar-refractivity contribution in [2.45, 2.75) is 12.5 Å². The van der Waals surface area contributed by atoms with Crippen molar-refractivity contribution in [3.05, 3.63) is 60.2 Å². The molecule has 2 heterocycles. The molecule has 0 spiro atoms. The lowest BCUT2D eigenvalue weighted by Crippen LogP contribution is -2.11. The van der Waals surface area contributed by atoms with Crippen LogP contribution < -0.4 is 0 Å². The molecule has 0 bridgehead atoms. The fourth-order valence-electron chi connectivity index (χ4n) is 3.10. The predicted octanol–water partition coefficient (Wildman–Crippen LogP) is 2.74. The number of nitrogens with zero attached hydrogens (tertiary/aromatic N) is 4. The summed E-state index contributed by atoms with van der Waals surface area (Å²) < 4.78 is 3.98. The zero-order valence-electron chi connectivity index (χ0n) is 13.1. The summed E-state index contributed by atoms with van der Waals surface area (Å²) in [6.45, 7) is 0. The molecular formula is C18H18N4O. The number of aromatic nitrogens is 4. The van der Waals surface area contributed by atoms with Crippen LogP contribution in [0.2, 0.25) is 0 Å². The lowest BCUT2D eigenvalue weighted by molar-refractivity contribution is 0.162. The van der Waals surface area contributed by atoms with Crippen LogP contribution in [0.15, 0.2) is 48.5 Å². The van der Waals surface area contributed by atoms with Gasteiger partial charge in [0.1, 0.15) is 17.8 Å². The van der Waals surface area contributed by atoms with E-state index in [0.29, 0.717) is 12.2 Å². The van der Waals surface area contributed by atoms with E-state index in [-0.39, 0.29) is 0 Å². The maximum Gasteiger partial charge on any atom is 0.139 e. The molecule has 0 amide bonds. The Morgan fingerprint density at radius 3 is 2.04 bits per heavy atom. The molecule has 4 aromatic rings. The molecule has 2 aromatic heterocycles. The van der Waals surface area contributed by atoms with Crippen LogP contribution >= 0.6 is 0 Å². The van der Waals surface area contributed by atoms with Gasteiger partial charge in [-0.2, -0.15) is 0 Å². The van der Waals surface area contributed by atoms with E-state index < -0.39 is 6.10 Å². The highest BCUT2D eigenvalue weighted by molar-refractivity contribution is 5.76. The summed E-state index contributed by atoms with van der Waals surface area (Å²) in [6, 6.07) is 15.9. The summed E-state index contributed by atoms with van der Waals surface area (Å²) >= 11 is 0. The van der Waals surface area contributed by atoms with Gasteiger partial charge in [-0.3, -0.25) is 0 Å². The smallest absolute Gasteiger partial charge is 0.139 e. The minimum absolute atomic E-state index is 0.433. The molecule has 0 saturated heterocycles. The lowest BCUT2D eigenvalue weighted by Gasteiger charge is -2.10. The van der Waals surface area contributed by atoms with Crippen LogP contribution in [0.4, 0.5) is 0 Å². The summed E-state index contributed by atoms with van der Waals surface area (Å²) in [6.07, 6.45) is -0.259. The molecule has 116 valence electrons. The minimum atomic E-state index is -0.692. The van der Waals surface area contributed by atoms with E-state index >= 15 is 0 Å². The lowest BCUT2D eigenvalue weighted by atomic mass is 10.2. The van der Waals surface area contributed by atoms with Gasteiger partial charge in [0.2, 0.25) is 0 Å². The summed E-state index contributed by atoms with van der Waals surface area (Å²) in [5.41, 5.74) is 3.93. The Hall–Kier alpha value is -2.66. The van der Waals surface area contributed by atoms with Crippen molar-refractivity contribution in [2.75, 3.05) is 0 Å². The van der Waals surface area contributed by atoms with Crippen LogP contribution in [0.25, 0.3) is 22.1 Å². The van der Waals surface area contributed by atoms with Gasteiger partial charge >= 0.3 is 0 Å². The maximum atomic E-state index is 10.7. The minimum Gasteiger partial charge on any atom is -0.385 e. The first-order valence-electron chi connectivity index (χ1n) is 7.65. The van der Waals surface area contributed by atoms with Gasteiger partial charge in [0.25, 0.3) is 0 Å². The Morgan fingerprint density at radius 1 is 0.870 bits per heavy atom. The van der Waals surface area contributed by atoms with Gasteiger partial charge in [-0.25, -0.2) is 9.97 Å². The second-order valence-electron chi connectivity index (χ2n) is 5.81. The van der Waals surface area contributed by atoms with E-state index in [0.717, 1.165) is 27.9 Å². The molecule has 5 nitrogen and oxygen atoms in total. The number of rotatable bonds is 3. The van der Waals surface area contributed by atoms with E-state index in [2.05, 4.69) is 9.97 Å². The molecule has 0 aliphatic heterocycles. The normalized spacial score (nSPS) is 13.0. The van der Waals surface area contributed by atoms with Crippen molar-refractivity contribution in [3.63, 3.8) is 0 Å². The molecule has 1 N–H and O–H groups in total. The molecule has 0 aliphatic carbocycles. The molecule has 0 radical (unpaired) electrons. The van der Waals surface area contributed by atoms with Gasteiger partial charge in [0.15, 0.2) is 0 Å². The van der Waals surface area contributed by atoms with Crippen molar-refractivity contribution in [1.82, 2.24) is 19.1 Å². The third-order valence-corrected chi connectivity index (χ3v) is 4.38. The van der Waals surface area contributed by atoms with E-state index in [1.165, 1.54) is 0 Å². The van der Waals surface area contributed by atoms with Gasteiger partial charge < -0.3 is 14.2 Å². The highest BCUT2D eigenvalue weighted by Crippen LogP contribution is 2.23. The van der Waals surface area contributed by atoms with E-state index in [1.54, 1.807) is 0 Å². The van der Waals surface area contributed by atoms with Crippen molar-refractivity contribution in [1.29, 1.82) is 0 Å². The summed E-state index contributed by atoms with van der Waals surface area (Å²) in [5.74, 6) is 1.52. The number of aryl methyl sites for hydroxylation is 2. The highest BCUT2D eigenvalue weighted by Gasteiger charge is 2.19. The number of aliphatic hydroxyl groups is 1. The topological polar surface area (TPSA) is 55.9 Å². The number of para-hydroxylation sites is 4. The van der Waals surface area contributed by atoms with Crippen LogP contribution in [-0.2, 0) is 20.5 Å². The second-order valence-corrected chi connectivity index (χ2v) is 5.81. The first-order chi connectivity index (χ1) is 11.1. The zero-order valence-corrected chi connectivity index (χ0v) is 13.1. The Bertz CT molecular complexity index is 999. The quantitative estimate of drug-likeness (QED) is 0.633. The number of hydrogen-bond acceptors (Lipinski definition) is 3. The fraction of sp³-hybridized carbons (Fsp3) is 0.222. The van der Waals surface area contributed by atoms with Crippen LogP contribution in [-0.4, -0.2) is 24.2 Å². The standard InChI is InChI=1S/C18H18N4O/c1-21-14-9-5-3-7-12(14)19-17(21)11-16(23)18-20-13-8-4-6-10-15(13)22(18)2/h3-10,16,23H,11H2,1-2H3/t16-/m0/s1. The van der Waals surface area contributed by atoms with Crippen LogP contribution in [0.1, 0.15) is 17.8 Å². The van der Waals surface area contributed by atoms with Crippen molar-refractivity contribution in [2.24, 2.45) is 14.1 Å². The van der Waals surface area contributed by atoms with Gasteiger partial charge in [-0.1, -0.05) is 24.3 Å². The number of aliphatic hydroxyl groups excluding tert-OH is 1. The summed E-state index contributed by atoms with van der Waals surface area (Å²) in [5, 5.41) is 10.7. The number of hydrogen-bond donors (Lipinski definition) is 1. The summed E-state index contributed by atoms with van der Waals surface area (Å²) in [4.78, 5) is 9.20. The molecule has 5 heteroatoms. The maximum absolute atomic E-state index is 10.7. The van der Waals surface area contributed by atoms with E-state index in [4.69, 9.17) is 0 Å². The first-order valence-corrected chi connectivity index (χ1v) is 7.65. The monoisotopic (exact) mass is 306 g/mol. The largest absolute Gasteiger partial charge is 0.385 e. The van der Waals surface area contributed by atoms with Gasteiger partial charge in [-0.15, -0.1) is 0 Å². The third kappa shape index (κ3) is 2.21. The second kappa shape index (κ2) is 5.21. The van der Waals surface area contributed by atoms with Gasteiger partial charge in [0.05, 0.1) is 22.1 Å². The number of benzene rings is 2. The van der Waals surface area contributed by atoms with E-state index in [1.807, 2.05) is 71.8 Å². The SMILES string of the molecule is Cn1c(C[C@H](O)c2nc3ccccc3n2C)nc2ccccc21. The Kier molecular flexibility index (Phi) is 3.16. The zero-order chi connectivity index (χ0) is 16.0. The third-order valence-electron chi connectivity index (χ3n) is 4.38. The van der Waals surface area contributed by atoms with Gasteiger partial charge in [-0.05, 0) is 24.3 Å². The number of imidazole rings is 2. The van der Waals surface area contributed by atoms with Crippen LogP contribution in [0, 0.1) is 0 Å². The molecule has 4 rings (SSSR count). The predicted molar refractivity (Wildman–Crippen MR) is 90.1 cm³/mol. The number of fused-ring (bicyclic) bond motifs is 2. The van der Waals surface area contributed by atoms with Crippen molar-refractivity contribution in [3.8, 4) is 0 Å². The molecule has 0 unspecified atom stereocenters. The molecule has 0 aliphatic rings. The molecular weight excluding hydrogens is 288 g/mol. The average Bonchev–Trinajstić information content (AvgIpc) is 3.07. The molecule has 0 fully saturated rings. The Labute approximate surface area is 133 Å². The molecule has 0 saturated carbocycles.